The van der Waals surface area contributed by atoms with Crippen LogP contribution in [-0.2, 0) is 10.1 Å². The van der Waals surface area contributed by atoms with Gasteiger partial charge < -0.3 is 9.45 Å². The zero-order valence-corrected chi connectivity index (χ0v) is 21.5. The van der Waals surface area contributed by atoms with E-state index in [9.17, 15) is 13.0 Å². The standard InChI is InChI=1S/C28H34N2O3S/c1-6-29(7-2)24-15-11-22(12-16-24)28(23-13-17-25(18-14-23)30(8-3)9-4)26-19-10-21(5)20-27(26)34(31,32)33/h10-20H,6-9H2,1-5H3. The van der Waals surface area contributed by atoms with Crippen LogP contribution in [0.15, 0.2) is 77.2 Å². The molecule has 0 saturated heterocycles. The van der Waals surface area contributed by atoms with Gasteiger partial charge in [-0.1, -0.05) is 24.3 Å². The molecule has 180 valence electrons. The Kier molecular flexibility index (Phi) is 8.28. The van der Waals surface area contributed by atoms with Gasteiger partial charge in [-0.15, -0.1) is 0 Å². The monoisotopic (exact) mass is 478 g/mol. The minimum atomic E-state index is -4.66. The summed E-state index contributed by atoms with van der Waals surface area (Å²) in [6.07, 6.45) is 8.10. The van der Waals surface area contributed by atoms with Gasteiger partial charge in [0.15, 0.2) is 5.71 Å². The number of rotatable bonds is 8. The summed E-state index contributed by atoms with van der Waals surface area (Å²) in [6.45, 7) is 13.8. The van der Waals surface area contributed by atoms with Gasteiger partial charge in [-0.2, -0.15) is 0 Å². The molecular weight excluding hydrogens is 444 g/mol. The number of anilines is 1. The Bertz CT molecular complexity index is 1240. The van der Waals surface area contributed by atoms with Gasteiger partial charge in [-0.05, 0) is 87.2 Å². The van der Waals surface area contributed by atoms with Crippen molar-refractivity contribution < 1.29 is 17.5 Å². The lowest BCUT2D eigenvalue weighted by Crippen LogP contribution is -2.21. The quantitative estimate of drug-likeness (QED) is 0.388. The number of benzene rings is 2. The van der Waals surface area contributed by atoms with Gasteiger partial charge in [0.2, 0.25) is 0 Å². The van der Waals surface area contributed by atoms with Crippen LogP contribution in [0.5, 0.6) is 0 Å². The molecule has 0 heterocycles. The van der Waals surface area contributed by atoms with Gasteiger partial charge >= 0.3 is 0 Å². The summed E-state index contributed by atoms with van der Waals surface area (Å²) >= 11 is 0. The lowest BCUT2D eigenvalue weighted by Gasteiger charge is -2.23. The SMILES string of the molecule is CCN(CC)c1ccc(C(=C2C=CC(=[N+](CC)CC)C=C2)c2ccc(C)cc2S(=O)(=O)[O-])cc1. The fourth-order valence-electron chi connectivity index (χ4n) is 4.38. The molecule has 3 rings (SSSR count). The largest absolute Gasteiger partial charge is 0.744 e. The molecule has 2 aromatic carbocycles. The third kappa shape index (κ3) is 5.57. The molecule has 0 aliphatic heterocycles. The smallest absolute Gasteiger partial charge is 0.199 e. The van der Waals surface area contributed by atoms with Crippen molar-refractivity contribution in [2.24, 2.45) is 0 Å². The van der Waals surface area contributed by atoms with Gasteiger partial charge in [-0.25, -0.2) is 13.0 Å². The molecular formula is C28H34N2O3S. The van der Waals surface area contributed by atoms with Crippen molar-refractivity contribution in [2.45, 2.75) is 39.5 Å². The minimum Gasteiger partial charge on any atom is -0.744 e. The molecule has 1 aliphatic rings. The van der Waals surface area contributed by atoms with Crippen LogP contribution in [0.3, 0.4) is 0 Å². The van der Waals surface area contributed by atoms with Crippen LogP contribution < -0.4 is 4.90 Å². The summed E-state index contributed by atoms with van der Waals surface area (Å²) in [5, 5.41) is 0. The first-order chi connectivity index (χ1) is 16.2. The number of hydrogen-bond donors (Lipinski definition) is 0. The molecule has 6 heteroatoms. The Morgan fingerprint density at radius 1 is 0.882 bits per heavy atom. The topological polar surface area (TPSA) is 63.5 Å². The second-order valence-electron chi connectivity index (χ2n) is 8.27. The molecule has 0 spiro atoms. The molecule has 0 aromatic heterocycles. The van der Waals surface area contributed by atoms with E-state index in [4.69, 9.17) is 0 Å². The molecule has 0 amide bonds. The van der Waals surface area contributed by atoms with Crippen molar-refractivity contribution in [2.75, 3.05) is 31.1 Å². The normalized spacial score (nSPS) is 13.4. The summed E-state index contributed by atoms with van der Waals surface area (Å²) in [4.78, 5) is 2.06. The lowest BCUT2D eigenvalue weighted by atomic mass is 9.90. The van der Waals surface area contributed by atoms with Gasteiger partial charge in [-0.3, -0.25) is 0 Å². The van der Waals surface area contributed by atoms with Crippen molar-refractivity contribution in [3.63, 3.8) is 0 Å². The zero-order chi connectivity index (χ0) is 24.9. The van der Waals surface area contributed by atoms with Crippen LogP contribution in [0, 0.1) is 6.92 Å². The molecule has 0 atom stereocenters. The van der Waals surface area contributed by atoms with Crippen molar-refractivity contribution in [1.82, 2.24) is 0 Å². The summed E-state index contributed by atoms with van der Waals surface area (Å²) in [6, 6.07) is 13.2. The molecule has 0 saturated carbocycles. The lowest BCUT2D eigenvalue weighted by molar-refractivity contribution is -0.519. The average molecular weight is 479 g/mol. The average Bonchev–Trinajstić information content (AvgIpc) is 2.83. The van der Waals surface area contributed by atoms with E-state index in [-0.39, 0.29) is 4.90 Å². The minimum absolute atomic E-state index is 0.192. The van der Waals surface area contributed by atoms with E-state index in [1.807, 2.05) is 54.6 Å². The van der Waals surface area contributed by atoms with Crippen LogP contribution in [0.1, 0.15) is 44.4 Å². The molecule has 5 nitrogen and oxygen atoms in total. The first kappa shape index (κ1) is 25.7. The Labute approximate surface area is 204 Å². The summed E-state index contributed by atoms with van der Waals surface area (Å²) in [5.41, 5.74) is 5.81. The predicted molar refractivity (Wildman–Crippen MR) is 140 cm³/mol. The van der Waals surface area contributed by atoms with Crippen LogP contribution >= 0.6 is 0 Å². The van der Waals surface area contributed by atoms with Crippen molar-refractivity contribution >= 4 is 27.1 Å². The zero-order valence-electron chi connectivity index (χ0n) is 20.7. The van der Waals surface area contributed by atoms with E-state index in [1.165, 1.54) is 6.07 Å². The van der Waals surface area contributed by atoms with E-state index in [0.29, 0.717) is 5.56 Å². The van der Waals surface area contributed by atoms with Crippen LogP contribution in [-0.4, -0.2) is 49.4 Å². The van der Waals surface area contributed by atoms with Crippen LogP contribution in [0.4, 0.5) is 5.69 Å². The molecule has 2 aromatic rings. The van der Waals surface area contributed by atoms with E-state index in [0.717, 1.165) is 59.9 Å². The van der Waals surface area contributed by atoms with Gasteiger partial charge in [0, 0.05) is 36.5 Å². The van der Waals surface area contributed by atoms with E-state index in [2.05, 4.69) is 37.2 Å². The van der Waals surface area contributed by atoms with Gasteiger partial charge in [0.25, 0.3) is 0 Å². The highest BCUT2D eigenvalue weighted by molar-refractivity contribution is 7.85. The van der Waals surface area contributed by atoms with Crippen LogP contribution in [0.2, 0.25) is 0 Å². The maximum atomic E-state index is 12.2. The van der Waals surface area contributed by atoms with E-state index in [1.54, 1.807) is 13.0 Å². The molecule has 0 fully saturated rings. The first-order valence-electron chi connectivity index (χ1n) is 11.9. The molecule has 0 N–H and O–H groups in total. The van der Waals surface area contributed by atoms with Crippen molar-refractivity contribution in [1.29, 1.82) is 0 Å². The van der Waals surface area contributed by atoms with Gasteiger partial charge in [0.1, 0.15) is 23.2 Å². The fourth-order valence-corrected chi connectivity index (χ4v) is 5.15. The third-order valence-electron chi connectivity index (χ3n) is 6.24. The molecule has 34 heavy (non-hydrogen) atoms. The Balaban J connectivity index is 2.26. The van der Waals surface area contributed by atoms with E-state index >= 15 is 0 Å². The maximum Gasteiger partial charge on any atom is 0.199 e. The predicted octanol–water partition coefficient (Wildman–Crippen LogP) is 5.17. The Hall–Kier alpha value is -2.96. The fraction of sp³-hybridized carbons (Fsp3) is 0.321. The van der Waals surface area contributed by atoms with Crippen molar-refractivity contribution in [3.05, 3.63) is 89.0 Å². The highest BCUT2D eigenvalue weighted by Gasteiger charge is 2.19. The maximum absolute atomic E-state index is 12.2. The number of nitrogens with zero attached hydrogens (tertiary/aromatic N) is 2. The van der Waals surface area contributed by atoms with Crippen molar-refractivity contribution in [3.8, 4) is 0 Å². The second kappa shape index (κ2) is 11.0. The Morgan fingerprint density at radius 2 is 1.47 bits per heavy atom. The molecule has 0 bridgehead atoms. The van der Waals surface area contributed by atoms with Crippen LogP contribution in [0.25, 0.3) is 5.57 Å². The summed E-state index contributed by atoms with van der Waals surface area (Å²) in [5.74, 6) is 0. The molecule has 0 radical (unpaired) electrons. The summed E-state index contributed by atoms with van der Waals surface area (Å²) < 4.78 is 39.0. The highest BCUT2D eigenvalue weighted by atomic mass is 32.2. The van der Waals surface area contributed by atoms with E-state index < -0.39 is 10.1 Å². The number of allylic oxidation sites excluding steroid dienone is 5. The third-order valence-corrected chi connectivity index (χ3v) is 7.12. The number of hydrogen-bond acceptors (Lipinski definition) is 4. The van der Waals surface area contributed by atoms with Gasteiger partial charge in [0.05, 0.1) is 4.90 Å². The number of aryl methyl sites for hydroxylation is 1. The summed E-state index contributed by atoms with van der Waals surface area (Å²) in [7, 11) is -4.66. The Morgan fingerprint density at radius 3 is 1.97 bits per heavy atom. The molecule has 0 unspecified atom stereocenters. The second-order valence-corrected chi connectivity index (χ2v) is 9.62. The highest BCUT2D eigenvalue weighted by Crippen LogP contribution is 2.35. The first-order valence-corrected chi connectivity index (χ1v) is 13.3. The molecule has 1 aliphatic carbocycles.